The average molecular weight is 255 g/mol. The van der Waals surface area contributed by atoms with E-state index in [1.165, 1.54) is 0 Å². The Bertz CT molecular complexity index is 368. The summed E-state index contributed by atoms with van der Waals surface area (Å²) in [4.78, 5) is 6.90. The van der Waals surface area contributed by atoms with E-state index in [2.05, 4.69) is 23.1 Å². The summed E-state index contributed by atoms with van der Waals surface area (Å²) in [6, 6.07) is 6.17. The van der Waals surface area contributed by atoms with E-state index >= 15 is 0 Å². The first kappa shape index (κ1) is 13.3. The van der Waals surface area contributed by atoms with Gasteiger partial charge in [-0.25, -0.2) is 4.98 Å². The van der Waals surface area contributed by atoms with Crippen LogP contribution in [0.2, 0.25) is 0 Å². The molecule has 0 amide bonds. The first-order valence-electron chi connectivity index (χ1n) is 5.05. The van der Waals surface area contributed by atoms with Gasteiger partial charge < -0.3 is 10.6 Å². The van der Waals surface area contributed by atoms with E-state index in [9.17, 15) is 0 Å². The maximum atomic E-state index is 5.56. The Labute approximate surface area is 106 Å². The summed E-state index contributed by atoms with van der Waals surface area (Å²) in [6.07, 6.45) is 2.10. The lowest BCUT2D eigenvalue weighted by molar-refractivity contribution is 0.753. The van der Waals surface area contributed by atoms with Gasteiger partial charge in [-0.15, -0.1) is 0 Å². The minimum Gasteiger partial charge on any atom is -0.388 e. The van der Waals surface area contributed by atoms with Crippen molar-refractivity contribution in [3.8, 4) is 0 Å². The molecule has 0 radical (unpaired) electrons. The fraction of sp³-hybridized carbons (Fsp3) is 0.455. The van der Waals surface area contributed by atoms with Crippen LogP contribution in [0.1, 0.15) is 12.6 Å². The number of nitrogens with zero attached hydrogens (tertiary/aromatic N) is 2. The minimum absolute atomic E-state index is 0.341. The lowest BCUT2D eigenvalue weighted by atomic mass is 10.3. The second-order valence-corrected chi connectivity index (χ2v) is 5.01. The summed E-state index contributed by atoms with van der Waals surface area (Å²) >= 11 is 6.74. The highest BCUT2D eigenvalue weighted by Gasteiger charge is 2.11. The zero-order valence-corrected chi connectivity index (χ0v) is 11.4. The molecule has 0 aliphatic rings. The molecule has 16 heavy (non-hydrogen) atoms. The Kier molecular flexibility index (Phi) is 5.02. The van der Waals surface area contributed by atoms with Gasteiger partial charge >= 0.3 is 0 Å². The lowest BCUT2D eigenvalue weighted by Crippen LogP contribution is -2.31. The highest BCUT2D eigenvalue weighted by atomic mass is 32.2. The number of pyridine rings is 1. The van der Waals surface area contributed by atoms with Gasteiger partial charge in [0.2, 0.25) is 0 Å². The monoisotopic (exact) mass is 255 g/mol. The minimum atomic E-state index is 0.341. The molecule has 1 atom stereocenters. The zero-order valence-electron chi connectivity index (χ0n) is 9.80. The molecule has 1 rings (SSSR count). The number of hydrogen-bond acceptors (Lipinski definition) is 4. The van der Waals surface area contributed by atoms with Gasteiger partial charge in [0, 0.05) is 18.8 Å². The second kappa shape index (κ2) is 6.06. The van der Waals surface area contributed by atoms with E-state index in [0.29, 0.717) is 16.7 Å². The number of thiocarbonyl (C=S) groups is 1. The zero-order chi connectivity index (χ0) is 12.1. The van der Waals surface area contributed by atoms with Crippen molar-refractivity contribution in [1.29, 1.82) is 0 Å². The van der Waals surface area contributed by atoms with Gasteiger partial charge in [-0.3, -0.25) is 0 Å². The molecule has 0 fully saturated rings. The van der Waals surface area contributed by atoms with Crippen LogP contribution < -0.4 is 10.6 Å². The van der Waals surface area contributed by atoms with Crippen molar-refractivity contribution in [2.75, 3.05) is 24.0 Å². The third-order valence-electron chi connectivity index (χ3n) is 2.42. The van der Waals surface area contributed by atoms with Crippen LogP contribution in [0, 0.1) is 0 Å². The Hall–Kier alpha value is -0.810. The first-order valence-corrected chi connectivity index (χ1v) is 6.85. The number of thioether (sulfide) groups is 1. The maximum absolute atomic E-state index is 5.56. The van der Waals surface area contributed by atoms with Crippen LogP contribution in [0.4, 0.5) is 5.82 Å². The third-order valence-corrected chi connectivity index (χ3v) is 3.44. The van der Waals surface area contributed by atoms with E-state index in [1.807, 2.05) is 37.0 Å². The highest BCUT2D eigenvalue weighted by molar-refractivity contribution is 7.98. The average Bonchev–Trinajstić information content (AvgIpc) is 2.28. The molecular formula is C11H17N3S2. The molecular weight excluding hydrogens is 238 g/mol. The summed E-state index contributed by atoms with van der Waals surface area (Å²) in [6.45, 7) is 2.17. The number of rotatable bonds is 5. The third kappa shape index (κ3) is 3.35. The summed E-state index contributed by atoms with van der Waals surface area (Å²) in [5, 5.41) is 0. The molecule has 1 aromatic rings. The van der Waals surface area contributed by atoms with Crippen molar-refractivity contribution in [3.63, 3.8) is 0 Å². The lowest BCUT2D eigenvalue weighted by Gasteiger charge is -2.25. The van der Waals surface area contributed by atoms with Crippen LogP contribution in [0.5, 0.6) is 0 Å². The van der Waals surface area contributed by atoms with Gasteiger partial charge in [0.1, 0.15) is 10.8 Å². The van der Waals surface area contributed by atoms with Crippen molar-refractivity contribution in [2.45, 2.75) is 13.0 Å². The Morgan fingerprint density at radius 3 is 2.88 bits per heavy atom. The number of hydrogen-bond donors (Lipinski definition) is 1. The Morgan fingerprint density at radius 1 is 1.62 bits per heavy atom. The van der Waals surface area contributed by atoms with Crippen molar-refractivity contribution in [2.24, 2.45) is 5.73 Å². The van der Waals surface area contributed by atoms with Crippen molar-refractivity contribution >= 4 is 34.8 Å². The largest absolute Gasteiger partial charge is 0.388 e. The maximum Gasteiger partial charge on any atom is 0.129 e. The van der Waals surface area contributed by atoms with E-state index in [4.69, 9.17) is 18.0 Å². The van der Waals surface area contributed by atoms with Crippen molar-refractivity contribution in [3.05, 3.63) is 23.9 Å². The SMILES string of the molecule is CSCC(C)N(C)c1cccc(C(N)=S)n1. The van der Waals surface area contributed by atoms with Crippen LogP contribution in [0.25, 0.3) is 0 Å². The topological polar surface area (TPSA) is 42.1 Å². The second-order valence-electron chi connectivity index (χ2n) is 3.66. The molecule has 0 spiro atoms. The van der Waals surface area contributed by atoms with E-state index in [1.54, 1.807) is 0 Å². The predicted octanol–water partition coefficient (Wildman–Crippen LogP) is 1.90. The number of anilines is 1. The molecule has 0 bridgehead atoms. The van der Waals surface area contributed by atoms with Crippen LogP contribution in [0.15, 0.2) is 18.2 Å². The van der Waals surface area contributed by atoms with Crippen LogP contribution in [-0.2, 0) is 0 Å². The summed E-state index contributed by atoms with van der Waals surface area (Å²) in [7, 11) is 2.03. The van der Waals surface area contributed by atoms with Crippen LogP contribution >= 0.6 is 24.0 Å². The Morgan fingerprint density at radius 2 is 2.31 bits per heavy atom. The number of aromatic nitrogens is 1. The van der Waals surface area contributed by atoms with Gasteiger partial charge in [-0.05, 0) is 25.3 Å². The summed E-state index contributed by atoms with van der Waals surface area (Å²) in [5.74, 6) is 1.97. The molecule has 88 valence electrons. The standard InChI is InChI=1S/C11H17N3S2/c1-8(7-16-3)14(2)10-6-4-5-9(13-10)11(12)15/h4-6,8H,7H2,1-3H3,(H2,12,15). The quantitative estimate of drug-likeness (QED) is 0.814. The smallest absolute Gasteiger partial charge is 0.129 e. The van der Waals surface area contributed by atoms with Gasteiger partial charge in [0.15, 0.2) is 0 Å². The number of nitrogens with two attached hydrogens (primary N) is 1. The predicted molar refractivity (Wildman–Crippen MR) is 76.4 cm³/mol. The normalized spacial score (nSPS) is 12.2. The fourth-order valence-corrected chi connectivity index (χ4v) is 2.16. The van der Waals surface area contributed by atoms with Gasteiger partial charge in [0.25, 0.3) is 0 Å². The van der Waals surface area contributed by atoms with E-state index in [0.717, 1.165) is 11.6 Å². The summed E-state index contributed by atoms with van der Waals surface area (Å²) in [5.41, 5.74) is 6.24. The molecule has 2 N–H and O–H groups in total. The van der Waals surface area contributed by atoms with Crippen molar-refractivity contribution < 1.29 is 0 Å². The van der Waals surface area contributed by atoms with Crippen LogP contribution in [0.3, 0.4) is 0 Å². The van der Waals surface area contributed by atoms with E-state index in [-0.39, 0.29) is 0 Å². The van der Waals surface area contributed by atoms with Gasteiger partial charge in [0.05, 0.1) is 5.69 Å². The molecule has 0 saturated carbocycles. The molecule has 3 nitrogen and oxygen atoms in total. The van der Waals surface area contributed by atoms with Gasteiger partial charge in [-0.2, -0.15) is 11.8 Å². The molecule has 0 aliphatic heterocycles. The summed E-state index contributed by atoms with van der Waals surface area (Å²) < 4.78 is 0. The van der Waals surface area contributed by atoms with Crippen molar-refractivity contribution in [1.82, 2.24) is 4.98 Å². The van der Waals surface area contributed by atoms with Crippen LogP contribution in [-0.4, -0.2) is 35.1 Å². The molecule has 5 heteroatoms. The molecule has 0 saturated heterocycles. The molecule has 1 unspecified atom stereocenters. The van der Waals surface area contributed by atoms with E-state index < -0.39 is 0 Å². The molecule has 1 heterocycles. The fourth-order valence-electron chi connectivity index (χ4n) is 1.34. The highest BCUT2D eigenvalue weighted by Crippen LogP contribution is 2.14. The molecule has 0 aliphatic carbocycles. The molecule has 1 aromatic heterocycles. The molecule has 0 aromatic carbocycles. The Balaban J connectivity index is 2.86. The van der Waals surface area contributed by atoms with Gasteiger partial charge in [-0.1, -0.05) is 18.3 Å². The first-order chi connectivity index (χ1) is 7.56.